The zero-order valence-electron chi connectivity index (χ0n) is 14.4. The van der Waals surface area contributed by atoms with Gasteiger partial charge in [0.05, 0.1) is 5.56 Å². The third-order valence-corrected chi connectivity index (χ3v) is 4.98. The molecule has 2 heterocycles. The largest absolute Gasteiger partial charge is 0.361 e. The second kappa shape index (κ2) is 7.58. The second-order valence-corrected chi connectivity index (χ2v) is 7.68. The molecule has 0 aliphatic carbocycles. The number of nitrogens with one attached hydrogen (secondary N) is 2. The summed E-state index contributed by atoms with van der Waals surface area (Å²) in [6.07, 6.45) is 4.15. The Hall–Kier alpha value is -1.52. The number of H-pyrrole nitrogens is 1. The Morgan fingerprint density at radius 2 is 2.12 bits per heavy atom. The summed E-state index contributed by atoms with van der Waals surface area (Å²) in [4.78, 5) is 18.2. The number of hydrogen-bond donors (Lipinski definition) is 2. The minimum absolute atomic E-state index is 0.0355. The van der Waals surface area contributed by atoms with E-state index in [-0.39, 0.29) is 5.91 Å². The lowest BCUT2D eigenvalue weighted by atomic mass is 9.96. The Morgan fingerprint density at radius 1 is 1.38 bits per heavy atom. The number of likely N-dealkylation sites (tertiary alicyclic amines) is 1. The number of carbonyl (C=O) groups is 1. The van der Waals surface area contributed by atoms with Crippen molar-refractivity contribution in [3.63, 3.8) is 0 Å². The third-order valence-electron chi connectivity index (χ3n) is 4.76. The zero-order valence-corrected chi connectivity index (χ0v) is 15.2. The summed E-state index contributed by atoms with van der Waals surface area (Å²) in [7, 11) is 0. The van der Waals surface area contributed by atoms with Crippen molar-refractivity contribution in [1.82, 2.24) is 15.2 Å². The van der Waals surface area contributed by atoms with Crippen LogP contribution in [0.4, 0.5) is 0 Å². The molecule has 1 amide bonds. The van der Waals surface area contributed by atoms with E-state index in [1.165, 1.54) is 6.54 Å². The van der Waals surface area contributed by atoms with Crippen LogP contribution >= 0.6 is 11.6 Å². The highest BCUT2D eigenvalue weighted by molar-refractivity contribution is 6.32. The van der Waals surface area contributed by atoms with E-state index in [9.17, 15) is 4.79 Å². The summed E-state index contributed by atoms with van der Waals surface area (Å²) in [5, 5.41) is 4.60. The van der Waals surface area contributed by atoms with Crippen molar-refractivity contribution in [3.8, 4) is 0 Å². The van der Waals surface area contributed by atoms with Crippen molar-refractivity contribution in [3.05, 3.63) is 35.0 Å². The van der Waals surface area contributed by atoms with Crippen LogP contribution in [0.1, 0.15) is 37.0 Å². The van der Waals surface area contributed by atoms with E-state index < -0.39 is 0 Å². The van der Waals surface area contributed by atoms with Crippen molar-refractivity contribution >= 4 is 28.4 Å². The molecule has 130 valence electrons. The molecule has 5 heteroatoms. The Kier molecular flexibility index (Phi) is 5.47. The Balaban J connectivity index is 1.55. The Morgan fingerprint density at radius 3 is 2.83 bits per heavy atom. The first-order valence-electron chi connectivity index (χ1n) is 8.80. The van der Waals surface area contributed by atoms with E-state index in [1.54, 1.807) is 6.07 Å². The molecular formula is C19H26ClN3O. The van der Waals surface area contributed by atoms with E-state index in [1.807, 2.05) is 18.3 Å². The average molecular weight is 348 g/mol. The van der Waals surface area contributed by atoms with Gasteiger partial charge in [0.25, 0.3) is 5.91 Å². The van der Waals surface area contributed by atoms with Gasteiger partial charge >= 0.3 is 0 Å². The van der Waals surface area contributed by atoms with Gasteiger partial charge in [0.15, 0.2) is 0 Å². The molecular weight excluding hydrogens is 322 g/mol. The predicted molar refractivity (Wildman–Crippen MR) is 99.6 cm³/mol. The van der Waals surface area contributed by atoms with Gasteiger partial charge in [-0.1, -0.05) is 25.4 Å². The summed E-state index contributed by atoms with van der Waals surface area (Å²) in [5.41, 5.74) is 1.55. The molecule has 1 aromatic heterocycles. The first-order valence-corrected chi connectivity index (χ1v) is 9.18. The van der Waals surface area contributed by atoms with Crippen LogP contribution in [0.25, 0.3) is 10.9 Å². The Bertz CT molecular complexity index is 702. The van der Waals surface area contributed by atoms with E-state index in [4.69, 9.17) is 11.6 Å². The van der Waals surface area contributed by atoms with Gasteiger partial charge in [0.1, 0.15) is 0 Å². The third kappa shape index (κ3) is 4.11. The highest BCUT2D eigenvalue weighted by Crippen LogP contribution is 2.23. The number of rotatable bonds is 5. The molecule has 1 aromatic carbocycles. The normalized spacial score (nSPS) is 16.8. The SMILES string of the molecule is CC(C)CN1CCC(CNC(=O)c2cc(Cl)cc3[nH]ccc23)CC1. The van der Waals surface area contributed by atoms with E-state index >= 15 is 0 Å². The summed E-state index contributed by atoms with van der Waals surface area (Å²) >= 11 is 6.13. The lowest BCUT2D eigenvalue weighted by Crippen LogP contribution is -2.40. The highest BCUT2D eigenvalue weighted by Gasteiger charge is 2.21. The van der Waals surface area contributed by atoms with Crippen LogP contribution in [0, 0.1) is 11.8 Å². The fraction of sp³-hybridized carbons (Fsp3) is 0.526. The number of benzene rings is 1. The molecule has 2 N–H and O–H groups in total. The number of carbonyl (C=O) groups excluding carboxylic acids is 1. The number of nitrogens with zero attached hydrogens (tertiary/aromatic N) is 1. The van der Waals surface area contributed by atoms with Crippen LogP contribution in [0.15, 0.2) is 24.4 Å². The zero-order chi connectivity index (χ0) is 17.1. The molecule has 1 fully saturated rings. The molecule has 1 saturated heterocycles. The summed E-state index contributed by atoms with van der Waals surface area (Å²) < 4.78 is 0. The number of aromatic amines is 1. The second-order valence-electron chi connectivity index (χ2n) is 7.24. The van der Waals surface area contributed by atoms with Crippen LogP contribution in [0.2, 0.25) is 5.02 Å². The molecule has 0 unspecified atom stereocenters. The first-order chi connectivity index (χ1) is 11.5. The maximum atomic E-state index is 12.6. The van der Waals surface area contributed by atoms with Crippen molar-refractivity contribution in [2.45, 2.75) is 26.7 Å². The van der Waals surface area contributed by atoms with Crippen molar-refractivity contribution in [1.29, 1.82) is 0 Å². The van der Waals surface area contributed by atoms with Crippen molar-refractivity contribution in [2.24, 2.45) is 11.8 Å². The molecule has 3 rings (SSSR count). The molecule has 0 radical (unpaired) electrons. The lowest BCUT2D eigenvalue weighted by Gasteiger charge is -2.33. The van der Waals surface area contributed by atoms with Gasteiger partial charge in [-0.3, -0.25) is 4.79 Å². The molecule has 24 heavy (non-hydrogen) atoms. The van der Waals surface area contributed by atoms with E-state index in [2.05, 4.69) is 29.0 Å². The fourth-order valence-corrected chi connectivity index (χ4v) is 3.76. The molecule has 1 aliphatic heterocycles. The van der Waals surface area contributed by atoms with Crippen LogP contribution in [-0.2, 0) is 0 Å². The number of halogens is 1. The summed E-state index contributed by atoms with van der Waals surface area (Å²) in [6, 6.07) is 5.52. The number of amides is 1. The smallest absolute Gasteiger partial charge is 0.252 e. The Labute approximate surface area is 148 Å². The average Bonchev–Trinajstić information content (AvgIpc) is 3.00. The fourth-order valence-electron chi connectivity index (χ4n) is 3.54. The van der Waals surface area contributed by atoms with Gasteiger partial charge in [-0.15, -0.1) is 0 Å². The lowest BCUT2D eigenvalue weighted by molar-refractivity contribution is 0.0936. The molecule has 0 saturated carbocycles. The van der Waals surface area contributed by atoms with Crippen LogP contribution in [-0.4, -0.2) is 42.0 Å². The standard InChI is InChI=1S/C19H26ClN3O/c1-13(2)12-23-7-4-14(5-8-23)11-22-19(24)17-9-15(20)10-18-16(17)3-6-21-18/h3,6,9-10,13-14,21H,4-5,7-8,11-12H2,1-2H3,(H,22,24). The highest BCUT2D eigenvalue weighted by atomic mass is 35.5. The maximum absolute atomic E-state index is 12.6. The summed E-state index contributed by atoms with van der Waals surface area (Å²) in [6.45, 7) is 8.72. The quantitative estimate of drug-likeness (QED) is 0.861. The number of piperidine rings is 1. The van der Waals surface area contributed by atoms with E-state index in [0.717, 1.165) is 43.4 Å². The molecule has 0 spiro atoms. The predicted octanol–water partition coefficient (Wildman–Crippen LogP) is 3.92. The van der Waals surface area contributed by atoms with Crippen LogP contribution in [0.3, 0.4) is 0 Å². The minimum atomic E-state index is -0.0355. The van der Waals surface area contributed by atoms with Gasteiger partial charge in [0, 0.05) is 35.2 Å². The van der Waals surface area contributed by atoms with Crippen LogP contribution < -0.4 is 5.32 Å². The van der Waals surface area contributed by atoms with Crippen molar-refractivity contribution < 1.29 is 4.79 Å². The minimum Gasteiger partial charge on any atom is -0.361 e. The molecule has 0 bridgehead atoms. The van der Waals surface area contributed by atoms with Gasteiger partial charge in [-0.2, -0.15) is 0 Å². The topological polar surface area (TPSA) is 48.1 Å². The summed E-state index contributed by atoms with van der Waals surface area (Å²) in [5.74, 6) is 1.25. The van der Waals surface area contributed by atoms with Crippen LogP contribution in [0.5, 0.6) is 0 Å². The van der Waals surface area contributed by atoms with Gasteiger partial charge in [0.2, 0.25) is 0 Å². The van der Waals surface area contributed by atoms with Gasteiger partial charge in [-0.05, 0) is 56.0 Å². The monoisotopic (exact) mass is 347 g/mol. The number of fused-ring (bicyclic) bond motifs is 1. The first kappa shape index (κ1) is 17.3. The molecule has 4 nitrogen and oxygen atoms in total. The van der Waals surface area contributed by atoms with Gasteiger partial charge < -0.3 is 15.2 Å². The van der Waals surface area contributed by atoms with Crippen molar-refractivity contribution in [2.75, 3.05) is 26.2 Å². The maximum Gasteiger partial charge on any atom is 0.252 e. The molecule has 2 aromatic rings. The molecule has 1 aliphatic rings. The number of aromatic nitrogens is 1. The van der Waals surface area contributed by atoms with E-state index in [0.29, 0.717) is 22.4 Å². The van der Waals surface area contributed by atoms with Gasteiger partial charge in [-0.25, -0.2) is 0 Å². The number of hydrogen-bond acceptors (Lipinski definition) is 2. The molecule has 0 atom stereocenters.